The maximum absolute atomic E-state index is 13.9. The lowest BCUT2D eigenvalue weighted by Gasteiger charge is -2.45. The fraction of sp³-hybridized carbons (Fsp3) is 0.625. The second-order valence-corrected chi connectivity index (χ2v) is 9.42. The lowest BCUT2D eigenvalue weighted by atomic mass is 9.60. The number of aliphatic hydroxyl groups excluding tert-OH is 1. The summed E-state index contributed by atoms with van der Waals surface area (Å²) in [5.74, 6) is 0.222. The molecule has 0 bridgehead atoms. The van der Waals surface area contributed by atoms with Crippen molar-refractivity contribution in [2.24, 2.45) is 23.0 Å². The van der Waals surface area contributed by atoms with Crippen molar-refractivity contribution in [1.29, 1.82) is 10.7 Å². The quantitative estimate of drug-likeness (QED) is 0.351. The number of hydrogen-bond donors (Lipinski definition) is 3. The Balaban J connectivity index is 1.94. The first-order valence-corrected chi connectivity index (χ1v) is 11.2. The molecule has 31 heavy (non-hydrogen) atoms. The van der Waals surface area contributed by atoms with Crippen LogP contribution in [0.1, 0.15) is 62.1 Å². The monoisotopic (exact) mass is 426 g/mol. The van der Waals surface area contributed by atoms with E-state index in [-0.39, 0.29) is 30.5 Å². The van der Waals surface area contributed by atoms with Gasteiger partial charge in [0, 0.05) is 13.2 Å². The molecule has 1 amide bonds. The highest BCUT2D eigenvalue weighted by atomic mass is 16.5. The zero-order valence-electron chi connectivity index (χ0n) is 18.6. The van der Waals surface area contributed by atoms with Crippen molar-refractivity contribution >= 4 is 11.9 Å². The molecule has 7 nitrogen and oxygen atoms in total. The molecule has 2 aliphatic rings. The number of amides is 1. The van der Waals surface area contributed by atoms with Crippen LogP contribution in [0, 0.1) is 34.0 Å². The first kappa shape index (κ1) is 23.2. The smallest absolute Gasteiger partial charge is 0.237 e. The van der Waals surface area contributed by atoms with Crippen molar-refractivity contribution < 1.29 is 14.6 Å². The Labute approximate surface area is 184 Å². The van der Waals surface area contributed by atoms with Gasteiger partial charge in [0.25, 0.3) is 0 Å². The number of carbonyl (C=O) groups is 1. The number of nitrogens with one attached hydrogen (secondary N) is 1. The molecule has 0 radical (unpaired) electrons. The third-order valence-corrected chi connectivity index (χ3v) is 6.77. The molecule has 0 heterocycles. The van der Waals surface area contributed by atoms with Gasteiger partial charge in [-0.1, -0.05) is 19.9 Å². The van der Waals surface area contributed by atoms with Gasteiger partial charge in [0.1, 0.15) is 0 Å². The van der Waals surface area contributed by atoms with Gasteiger partial charge in [-0.25, -0.2) is 0 Å². The van der Waals surface area contributed by atoms with Gasteiger partial charge in [-0.2, -0.15) is 5.26 Å². The van der Waals surface area contributed by atoms with E-state index in [1.807, 2.05) is 18.2 Å². The van der Waals surface area contributed by atoms with Crippen molar-refractivity contribution in [2.75, 3.05) is 26.4 Å². The third-order valence-electron chi connectivity index (χ3n) is 6.77. The summed E-state index contributed by atoms with van der Waals surface area (Å²) in [7, 11) is 0. The van der Waals surface area contributed by atoms with Crippen LogP contribution in [-0.4, -0.2) is 48.2 Å². The van der Waals surface area contributed by atoms with Gasteiger partial charge in [-0.05, 0) is 72.6 Å². The molecule has 3 unspecified atom stereocenters. The van der Waals surface area contributed by atoms with E-state index in [1.54, 1.807) is 0 Å². The lowest BCUT2D eigenvalue weighted by Crippen LogP contribution is -2.49. The SMILES string of the molecule is CC1CC(C)CC2(Cc3ccc(C#N)cc3C2C(=O)N(CCCOCCO)C(=N)N)C1. The molecule has 0 aromatic heterocycles. The molecule has 2 aliphatic carbocycles. The van der Waals surface area contributed by atoms with Crippen molar-refractivity contribution in [3.8, 4) is 6.07 Å². The number of aliphatic hydroxyl groups is 1. The first-order chi connectivity index (χ1) is 14.8. The maximum Gasteiger partial charge on any atom is 0.237 e. The van der Waals surface area contributed by atoms with E-state index < -0.39 is 5.92 Å². The zero-order chi connectivity index (χ0) is 22.6. The van der Waals surface area contributed by atoms with Gasteiger partial charge >= 0.3 is 0 Å². The fourth-order valence-corrected chi connectivity index (χ4v) is 6.00. The Bertz CT molecular complexity index is 853. The fourth-order valence-electron chi connectivity index (χ4n) is 6.00. The van der Waals surface area contributed by atoms with Crippen LogP contribution in [0.4, 0.5) is 0 Å². The minimum absolute atomic E-state index is 0.0473. The van der Waals surface area contributed by atoms with Gasteiger partial charge < -0.3 is 15.6 Å². The summed E-state index contributed by atoms with van der Waals surface area (Å²) in [5.41, 5.74) is 8.26. The molecule has 1 spiro atoms. The van der Waals surface area contributed by atoms with Crippen molar-refractivity contribution in [3.63, 3.8) is 0 Å². The molecular weight excluding hydrogens is 392 g/mol. The molecule has 1 aromatic carbocycles. The molecule has 1 saturated carbocycles. The standard InChI is InChI=1S/C24H34N4O3/c1-16-10-17(2)13-24(12-16)14-19-5-4-18(15-25)11-20(19)21(24)22(30)28(23(26)27)6-3-8-31-9-7-29/h4-5,11,16-17,21,29H,3,6-10,12-14H2,1-2H3,(H3,26,27). The topological polar surface area (TPSA) is 123 Å². The molecule has 1 fully saturated rings. The number of nitriles is 1. The van der Waals surface area contributed by atoms with Crippen LogP contribution in [0.3, 0.4) is 0 Å². The van der Waals surface area contributed by atoms with Crippen LogP contribution in [-0.2, 0) is 16.0 Å². The van der Waals surface area contributed by atoms with E-state index in [1.165, 1.54) is 4.90 Å². The molecule has 4 N–H and O–H groups in total. The first-order valence-electron chi connectivity index (χ1n) is 11.2. The molecule has 3 rings (SSSR count). The van der Waals surface area contributed by atoms with Crippen LogP contribution in [0.2, 0.25) is 0 Å². The second-order valence-electron chi connectivity index (χ2n) is 9.42. The molecule has 0 saturated heterocycles. The number of carbonyl (C=O) groups excluding carboxylic acids is 1. The molecule has 3 atom stereocenters. The summed E-state index contributed by atoms with van der Waals surface area (Å²) in [6.45, 7) is 5.39. The predicted molar refractivity (Wildman–Crippen MR) is 118 cm³/mol. The summed E-state index contributed by atoms with van der Waals surface area (Å²) in [6.07, 6.45) is 4.42. The average Bonchev–Trinajstić information content (AvgIpc) is 3.00. The number of rotatable bonds is 7. The number of hydrogen-bond acceptors (Lipinski definition) is 5. The van der Waals surface area contributed by atoms with Gasteiger partial charge in [0.15, 0.2) is 5.96 Å². The molecule has 7 heteroatoms. The van der Waals surface area contributed by atoms with E-state index >= 15 is 0 Å². The summed E-state index contributed by atoms with van der Waals surface area (Å²) >= 11 is 0. The highest BCUT2D eigenvalue weighted by Crippen LogP contribution is 2.58. The van der Waals surface area contributed by atoms with E-state index in [2.05, 4.69) is 19.9 Å². The van der Waals surface area contributed by atoms with E-state index in [9.17, 15) is 10.1 Å². The normalized spacial score (nSPS) is 27.0. The Morgan fingerprint density at radius 2 is 2.06 bits per heavy atom. The van der Waals surface area contributed by atoms with Crippen molar-refractivity contribution in [2.45, 2.75) is 51.9 Å². The Morgan fingerprint density at radius 1 is 1.35 bits per heavy atom. The van der Waals surface area contributed by atoms with Crippen LogP contribution in [0.5, 0.6) is 0 Å². The minimum Gasteiger partial charge on any atom is -0.394 e. The van der Waals surface area contributed by atoms with Gasteiger partial charge in [0.2, 0.25) is 5.91 Å². The maximum atomic E-state index is 13.9. The average molecular weight is 427 g/mol. The number of ether oxygens (including phenoxy) is 1. The van der Waals surface area contributed by atoms with Crippen molar-refractivity contribution in [1.82, 2.24) is 4.90 Å². The molecule has 0 aliphatic heterocycles. The number of nitrogens with two attached hydrogens (primary N) is 1. The summed E-state index contributed by atoms with van der Waals surface area (Å²) in [6, 6.07) is 7.89. The van der Waals surface area contributed by atoms with Crippen LogP contribution >= 0.6 is 0 Å². The second kappa shape index (κ2) is 9.80. The number of fused-ring (bicyclic) bond motifs is 1. The third kappa shape index (κ3) is 4.91. The van der Waals surface area contributed by atoms with Gasteiger partial charge in [-0.3, -0.25) is 15.1 Å². The lowest BCUT2D eigenvalue weighted by molar-refractivity contribution is -0.133. The van der Waals surface area contributed by atoms with Gasteiger partial charge in [-0.15, -0.1) is 0 Å². The van der Waals surface area contributed by atoms with Gasteiger partial charge in [0.05, 0.1) is 30.8 Å². The minimum atomic E-state index is -0.400. The highest BCUT2D eigenvalue weighted by Gasteiger charge is 2.53. The van der Waals surface area contributed by atoms with Crippen molar-refractivity contribution in [3.05, 3.63) is 34.9 Å². The summed E-state index contributed by atoms with van der Waals surface area (Å²) in [5, 5.41) is 26.3. The number of nitrogens with zero attached hydrogens (tertiary/aromatic N) is 2. The van der Waals surface area contributed by atoms with Crippen LogP contribution in [0.15, 0.2) is 18.2 Å². The molecule has 1 aromatic rings. The van der Waals surface area contributed by atoms with E-state index in [4.69, 9.17) is 21.0 Å². The Hall–Kier alpha value is -2.43. The van der Waals surface area contributed by atoms with Crippen LogP contribution in [0.25, 0.3) is 0 Å². The Kier molecular flexibility index (Phi) is 7.34. The zero-order valence-corrected chi connectivity index (χ0v) is 18.6. The van der Waals surface area contributed by atoms with E-state index in [0.717, 1.165) is 36.8 Å². The largest absolute Gasteiger partial charge is 0.394 e. The predicted octanol–water partition coefficient (Wildman–Crippen LogP) is 2.76. The number of benzene rings is 1. The number of guanidine groups is 1. The van der Waals surface area contributed by atoms with Crippen LogP contribution < -0.4 is 5.73 Å². The molecular formula is C24H34N4O3. The summed E-state index contributed by atoms with van der Waals surface area (Å²) < 4.78 is 5.31. The molecule has 168 valence electrons. The van der Waals surface area contributed by atoms with E-state index in [0.29, 0.717) is 37.0 Å². The highest BCUT2D eigenvalue weighted by molar-refractivity contribution is 5.99. The Morgan fingerprint density at radius 3 is 2.68 bits per heavy atom. The summed E-state index contributed by atoms with van der Waals surface area (Å²) in [4.78, 5) is 15.3.